The molecule has 3 nitrogen and oxygen atoms in total. The summed E-state index contributed by atoms with van der Waals surface area (Å²) < 4.78 is 12.7. The quantitative estimate of drug-likeness (QED) is 0.434. The van der Waals surface area contributed by atoms with E-state index in [2.05, 4.69) is 42.8 Å². The normalized spacial score (nSPS) is 15.4. The summed E-state index contributed by atoms with van der Waals surface area (Å²) >= 11 is 0. The number of likely N-dealkylation sites (tertiary alicyclic amines) is 1. The fraction of sp³-hybridized carbons (Fsp3) is 0.433. The number of hydrogen-bond acceptors (Lipinski definition) is 3. The van der Waals surface area contributed by atoms with E-state index in [-0.39, 0.29) is 5.82 Å². The minimum atomic E-state index is -0.590. The van der Waals surface area contributed by atoms with Gasteiger partial charge in [-0.05, 0) is 92.1 Å². The van der Waals surface area contributed by atoms with Crippen LogP contribution in [0.25, 0.3) is 0 Å². The average molecular weight is 463 g/mol. The fourth-order valence-electron chi connectivity index (χ4n) is 4.39. The van der Waals surface area contributed by atoms with Gasteiger partial charge in [-0.1, -0.05) is 56.7 Å². The molecule has 0 aliphatic carbocycles. The van der Waals surface area contributed by atoms with E-state index < -0.39 is 6.10 Å². The van der Waals surface area contributed by atoms with Gasteiger partial charge in [-0.15, -0.1) is 0 Å². The molecule has 0 saturated carbocycles. The Kier molecular flexibility index (Phi) is 10.2. The van der Waals surface area contributed by atoms with E-state index in [9.17, 15) is 9.50 Å². The number of piperidine rings is 1. The number of rotatable bonds is 7. The van der Waals surface area contributed by atoms with Crippen molar-refractivity contribution < 1.29 is 9.50 Å². The second-order valence-corrected chi connectivity index (χ2v) is 9.53. The summed E-state index contributed by atoms with van der Waals surface area (Å²) in [6.45, 7) is 10.2. The first-order valence-corrected chi connectivity index (χ1v) is 12.6. The Balaban J connectivity index is 0.000000192. The molecule has 0 radical (unpaired) electrons. The number of nitrogens with zero attached hydrogens (tertiary/aromatic N) is 2. The number of pyridine rings is 1. The van der Waals surface area contributed by atoms with Crippen LogP contribution in [-0.2, 0) is 12.8 Å². The van der Waals surface area contributed by atoms with Crippen molar-refractivity contribution >= 4 is 0 Å². The third-order valence-corrected chi connectivity index (χ3v) is 6.71. The van der Waals surface area contributed by atoms with Crippen molar-refractivity contribution in [1.29, 1.82) is 0 Å². The number of halogens is 1. The van der Waals surface area contributed by atoms with Crippen LogP contribution in [-0.4, -0.2) is 34.6 Å². The summed E-state index contributed by atoms with van der Waals surface area (Å²) in [6, 6.07) is 16.8. The molecule has 34 heavy (non-hydrogen) atoms. The van der Waals surface area contributed by atoms with E-state index in [1.807, 2.05) is 30.3 Å². The predicted molar refractivity (Wildman–Crippen MR) is 138 cm³/mol. The number of aliphatic hydroxyl groups is 1. The lowest BCUT2D eigenvalue weighted by atomic mass is 9.97. The molecule has 4 heteroatoms. The molecule has 2 aromatic carbocycles. The maximum atomic E-state index is 12.7. The minimum absolute atomic E-state index is 0.143. The molecule has 0 bridgehead atoms. The van der Waals surface area contributed by atoms with E-state index in [0.29, 0.717) is 0 Å². The highest BCUT2D eigenvalue weighted by Gasteiger charge is 2.15. The fourth-order valence-corrected chi connectivity index (χ4v) is 4.39. The summed E-state index contributed by atoms with van der Waals surface area (Å²) in [5.74, 6) is 0.748. The van der Waals surface area contributed by atoms with Gasteiger partial charge in [-0.25, -0.2) is 4.39 Å². The van der Waals surface area contributed by atoms with E-state index in [0.717, 1.165) is 42.9 Å². The SMILES string of the molecule is CC1CCN(CCc2ccc(F)cc2)CC1.CCCc1ccc(C(O)c2cccnc2)cc1C. The number of aryl methyl sites for hydroxylation is 2. The minimum Gasteiger partial charge on any atom is -0.384 e. The van der Waals surface area contributed by atoms with Crippen molar-refractivity contribution in [2.75, 3.05) is 19.6 Å². The van der Waals surface area contributed by atoms with Gasteiger partial charge in [0, 0.05) is 24.5 Å². The van der Waals surface area contributed by atoms with Gasteiger partial charge in [0.2, 0.25) is 0 Å². The number of benzene rings is 2. The van der Waals surface area contributed by atoms with Crippen LogP contribution in [0.2, 0.25) is 0 Å². The molecule has 182 valence electrons. The molecule has 1 unspecified atom stereocenters. The Morgan fingerprint density at radius 3 is 2.38 bits per heavy atom. The first kappa shape index (κ1) is 26.1. The Morgan fingerprint density at radius 1 is 1.03 bits per heavy atom. The number of hydrogen-bond donors (Lipinski definition) is 1. The maximum Gasteiger partial charge on any atom is 0.123 e. The molecule has 1 N–H and O–H groups in total. The van der Waals surface area contributed by atoms with Crippen molar-refractivity contribution in [3.05, 3.63) is 101 Å². The molecule has 3 aromatic rings. The highest BCUT2D eigenvalue weighted by atomic mass is 19.1. The molecule has 1 fully saturated rings. The molecule has 1 aromatic heterocycles. The van der Waals surface area contributed by atoms with Crippen molar-refractivity contribution in [3.8, 4) is 0 Å². The molecule has 0 spiro atoms. The summed E-state index contributed by atoms with van der Waals surface area (Å²) in [5, 5.41) is 10.3. The van der Waals surface area contributed by atoms with Crippen LogP contribution < -0.4 is 0 Å². The second kappa shape index (κ2) is 13.4. The molecular formula is C30H39FN2O. The molecule has 1 aliphatic heterocycles. The molecule has 0 amide bonds. The van der Waals surface area contributed by atoms with Crippen LogP contribution in [0.15, 0.2) is 67.0 Å². The van der Waals surface area contributed by atoms with Gasteiger partial charge < -0.3 is 10.0 Å². The predicted octanol–water partition coefficient (Wildman–Crippen LogP) is 6.52. The van der Waals surface area contributed by atoms with Gasteiger partial charge in [-0.3, -0.25) is 4.98 Å². The molecule has 4 rings (SSSR count). The Bertz CT molecular complexity index is 982. The Labute approximate surface area is 204 Å². The lowest BCUT2D eigenvalue weighted by Gasteiger charge is -2.30. The standard InChI is InChI=1S/C16H19NO.C14H20FN/c1-3-5-13-7-8-14(10-12(13)2)16(18)15-6-4-9-17-11-15;1-12-6-9-16(10-7-12)11-8-13-2-4-14(15)5-3-13/h4,6-11,16,18H,3,5H2,1-2H3;2-5,12H,6-11H2,1H3. The zero-order valence-electron chi connectivity index (χ0n) is 20.9. The van der Waals surface area contributed by atoms with E-state index in [1.54, 1.807) is 24.5 Å². The van der Waals surface area contributed by atoms with E-state index in [1.165, 1.54) is 42.6 Å². The van der Waals surface area contributed by atoms with Crippen LogP contribution in [0.5, 0.6) is 0 Å². The first-order chi connectivity index (χ1) is 16.5. The summed E-state index contributed by atoms with van der Waals surface area (Å²) in [4.78, 5) is 6.56. The lowest BCUT2D eigenvalue weighted by Crippen LogP contribution is -2.34. The lowest BCUT2D eigenvalue weighted by molar-refractivity contribution is 0.194. The Hall–Kier alpha value is -2.56. The average Bonchev–Trinajstić information content (AvgIpc) is 2.86. The van der Waals surface area contributed by atoms with Crippen molar-refractivity contribution in [2.24, 2.45) is 5.92 Å². The molecule has 1 aliphatic rings. The highest BCUT2D eigenvalue weighted by molar-refractivity contribution is 5.35. The van der Waals surface area contributed by atoms with Gasteiger partial charge in [0.25, 0.3) is 0 Å². The topological polar surface area (TPSA) is 36.4 Å². The van der Waals surface area contributed by atoms with Gasteiger partial charge in [0.15, 0.2) is 0 Å². The van der Waals surface area contributed by atoms with Crippen LogP contribution in [0.4, 0.5) is 4.39 Å². The van der Waals surface area contributed by atoms with Gasteiger partial charge in [0.05, 0.1) is 0 Å². The van der Waals surface area contributed by atoms with Gasteiger partial charge >= 0.3 is 0 Å². The van der Waals surface area contributed by atoms with Crippen LogP contribution in [0.3, 0.4) is 0 Å². The maximum absolute atomic E-state index is 12.7. The summed E-state index contributed by atoms with van der Waals surface area (Å²) in [5.41, 5.74) is 5.61. The monoisotopic (exact) mass is 462 g/mol. The second-order valence-electron chi connectivity index (χ2n) is 9.53. The Morgan fingerprint density at radius 2 is 1.76 bits per heavy atom. The van der Waals surface area contributed by atoms with Crippen LogP contribution in [0, 0.1) is 18.7 Å². The largest absolute Gasteiger partial charge is 0.384 e. The van der Waals surface area contributed by atoms with E-state index >= 15 is 0 Å². The third kappa shape index (κ3) is 8.03. The van der Waals surface area contributed by atoms with Gasteiger partial charge in [-0.2, -0.15) is 0 Å². The van der Waals surface area contributed by atoms with Crippen LogP contribution >= 0.6 is 0 Å². The highest BCUT2D eigenvalue weighted by Crippen LogP contribution is 2.23. The summed E-state index contributed by atoms with van der Waals surface area (Å²) in [6.07, 6.45) is 8.75. The zero-order chi connectivity index (χ0) is 24.3. The molecule has 1 saturated heterocycles. The van der Waals surface area contributed by atoms with Gasteiger partial charge in [0.1, 0.15) is 11.9 Å². The first-order valence-electron chi connectivity index (χ1n) is 12.6. The van der Waals surface area contributed by atoms with Crippen molar-refractivity contribution in [2.45, 2.75) is 59.0 Å². The van der Waals surface area contributed by atoms with Crippen molar-refractivity contribution in [3.63, 3.8) is 0 Å². The van der Waals surface area contributed by atoms with Crippen LogP contribution in [0.1, 0.15) is 67.0 Å². The number of aromatic nitrogens is 1. The zero-order valence-corrected chi connectivity index (χ0v) is 20.9. The molecule has 2 heterocycles. The third-order valence-electron chi connectivity index (χ3n) is 6.71. The van der Waals surface area contributed by atoms with E-state index in [4.69, 9.17) is 0 Å². The molecule has 1 atom stereocenters. The summed E-state index contributed by atoms with van der Waals surface area (Å²) in [7, 11) is 0. The molecular weight excluding hydrogens is 423 g/mol. The smallest absolute Gasteiger partial charge is 0.123 e. The van der Waals surface area contributed by atoms with Crippen molar-refractivity contribution in [1.82, 2.24) is 9.88 Å². The number of aliphatic hydroxyl groups excluding tert-OH is 1.